The number of phenolic OH excluding ortho intramolecular Hbond substituents is 1. The van der Waals surface area contributed by atoms with Crippen LogP contribution in [0.15, 0.2) is 35.9 Å². The molecule has 1 saturated carbocycles. The van der Waals surface area contributed by atoms with Crippen molar-refractivity contribution in [3.8, 4) is 17.2 Å². The summed E-state index contributed by atoms with van der Waals surface area (Å²) in [5, 5.41) is 35.4. The number of carboxylic acid groups (broad SMARTS) is 2. The molecule has 0 radical (unpaired) electrons. The Balaban J connectivity index is 1.87. The van der Waals surface area contributed by atoms with Crippen LogP contribution in [0.3, 0.4) is 0 Å². The molecule has 1 aromatic rings. The Morgan fingerprint density at radius 3 is 2.30 bits per heavy atom. The SMILES string of the molecule is C=C(C)[C@@H]1CCC(C)=C[C@H]1c1c(O)cc(OC(=O)NCC2(CC(=O)O)CCCCC2)cc1OC(=O)NC[C@H](CC(=O)O)CC(C)C. The summed E-state index contributed by atoms with van der Waals surface area (Å²) in [5.74, 6) is -2.66. The first kappa shape index (κ1) is 36.4. The van der Waals surface area contributed by atoms with E-state index in [1.54, 1.807) is 0 Å². The number of amides is 2. The van der Waals surface area contributed by atoms with Gasteiger partial charge in [0.25, 0.3) is 0 Å². The molecule has 0 unspecified atom stereocenters. The van der Waals surface area contributed by atoms with E-state index in [1.165, 1.54) is 12.1 Å². The van der Waals surface area contributed by atoms with Crippen LogP contribution in [0.25, 0.3) is 0 Å². The Morgan fingerprint density at radius 2 is 1.70 bits per heavy atom. The van der Waals surface area contributed by atoms with E-state index in [2.05, 4.69) is 17.2 Å². The fraction of sp³-hybridized carbons (Fsp3) is 0.600. The van der Waals surface area contributed by atoms with Crippen LogP contribution in [-0.4, -0.2) is 52.5 Å². The second-order valence-corrected chi connectivity index (χ2v) is 13.6. The first-order valence-corrected chi connectivity index (χ1v) is 16.2. The molecule has 0 aliphatic heterocycles. The summed E-state index contributed by atoms with van der Waals surface area (Å²) < 4.78 is 11.3. The Morgan fingerprint density at radius 1 is 1.02 bits per heavy atom. The number of carbonyl (C=O) groups excluding carboxylic acids is 2. The van der Waals surface area contributed by atoms with E-state index in [0.29, 0.717) is 24.8 Å². The molecule has 0 saturated heterocycles. The predicted octanol–water partition coefficient (Wildman–Crippen LogP) is 7.15. The highest BCUT2D eigenvalue weighted by Gasteiger charge is 2.35. The summed E-state index contributed by atoms with van der Waals surface area (Å²) in [7, 11) is 0. The summed E-state index contributed by atoms with van der Waals surface area (Å²) in [4.78, 5) is 48.9. The van der Waals surface area contributed by atoms with Gasteiger partial charge in [-0.2, -0.15) is 0 Å². The summed E-state index contributed by atoms with van der Waals surface area (Å²) in [6.07, 6.45) is 6.60. The van der Waals surface area contributed by atoms with Crippen LogP contribution >= 0.6 is 0 Å². The number of benzene rings is 1. The van der Waals surface area contributed by atoms with Gasteiger partial charge in [0.05, 0.1) is 6.42 Å². The van der Waals surface area contributed by atoms with Gasteiger partial charge in [0.1, 0.15) is 17.2 Å². The molecule has 11 heteroatoms. The first-order valence-electron chi connectivity index (χ1n) is 16.2. The van der Waals surface area contributed by atoms with Crippen LogP contribution in [0.2, 0.25) is 0 Å². The molecule has 254 valence electrons. The monoisotopic (exact) mass is 642 g/mol. The number of carbonyl (C=O) groups is 4. The molecule has 11 nitrogen and oxygen atoms in total. The van der Waals surface area contributed by atoms with Crippen molar-refractivity contribution in [2.75, 3.05) is 13.1 Å². The van der Waals surface area contributed by atoms with Crippen molar-refractivity contribution in [3.63, 3.8) is 0 Å². The van der Waals surface area contributed by atoms with E-state index in [9.17, 15) is 34.5 Å². The number of allylic oxidation sites excluding steroid dienone is 3. The van der Waals surface area contributed by atoms with Crippen LogP contribution in [0.5, 0.6) is 17.2 Å². The van der Waals surface area contributed by atoms with Crippen molar-refractivity contribution < 1.29 is 44.0 Å². The summed E-state index contributed by atoms with van der Waals surface area (Å²) >= 11 is 0. The van der Waals surface area contributed by atoms with E-state index >= 15 is 0 Å². The highest BCUT2D eigenvalue weighted by atomic mass is 16.6. The molecule has 0 bridgehead atoms. The standard InChI is InChI=1S/C35H50N2O9/c1-21(2)13-24(15-30(39)40)19-36-33(43)46-29-17-25(16-28(38)32(29)27-14-23(5)9-10-26(27)22(3)4)45-34(44)37-20-35(18-31(41)42)11-7-6-8-12-35/h14,16-17,21,24,26-27,38H,3,6-13,15,18-20H2,1-2,4-5H3,(H,36,43)(H,37,44)(H,39,40)(H,41,42)/t24-,26-,27+/m0/s1. The average molecular weight is 643 g/mol. The number of carboxylic acids is 2. The first-order chi connectivity index (χ1) is 21.7. The van der Waals surface area contributed by atoms with Gasteiger partial charge >= 0.3 is 24.1 Å². The largest absolute Gasteiger partial charge is 0.507 e. The summed E-state index contributed by atoms with van der Waals surface area (Å²) in [6, 6.07) is 2.67. The minimum absolute atomic E-state index is 0.00391. The van der Waals surface area contributed by atoms with Gasteiger partial charge in [-0.3, -0.25) is 9.59 Å². The number of hydrogen-bond donors (Lipinski definition) is 5. The quantitative estimate of drug-likeness (QED) is 0.132. The third-order valence-corrected chi connectivity index (χ3v) is 9.07. The van der Waals surface area contributed by atoms with E-state index in [1.807, 2.05) is 33.8 Å². The van der Waals surface area contributed by atoms with Crippen LogP contribution in [-0.2, 0) is 9.59 Å². The third-order valence-electron chi connectivity index (χ3n) is 9.07. The number of nitrogens with one attached hydrogen (secondary N) is 2. The third kappa shape index (κ3) is 10.8. The van der Waals surface area contributed by atoms with Crippen molar-refractivity contribution in [1.29, 1.82) is 0 Å². The Bertz CT molecular complexity index is 1310. The number of aromatic hydroxyl groups is 1. The lowest BCUT2D eigenvalue weighted by Gasteiger charge is -2.36. The summed E-state index contributed by atoms with van der Waals surface area (Å²) in [6.45, 7) is 12.2. The van der Waals surface area contributed by atoms with Crippen molar-refractivity contribution in [2.45, 2.75) is 97.8 Å². The van der Waals surface area contributed by atoms with Crippen molar-refractivity contribution in [3.05, 3.63) is 41.5 Å². The van der Waals surface area contributed by atoms with Crippen LogP contribution in [0, 0.1) is 23.2 Å². The van der Waals surface area contributed by atoms with Gasteiger partial charge < -0.3 is 35.4 Å². The topological polar surface area (TPSA) is 171 Å². The van der Waals surface area contributed by atoms with Gasteiger partial charge in [-0.05, 0) is 69.1 Å². The van der Waals surface area contributed by atoms with Crippen molar-refractivity contribution in [1.82, 2.24) is 10.6 Å². The Hall–Kier alpha value is -4.02. The maximum Gasteiger partial charge on any atom is 0.412 e. The maximum absolute atomic E-state index is 13.1. The number of rotatable bonds is 14. The normalized spacial score (nSPS) is 19.8. The van der Waals surface area contributed by atoms with Gasteiger partial charge in [0.2, 0.25) is 0 Å². The second-order valence-electron chi connectivity index (χ2n) is 13.6. The van der Waals surface area contributed by atoms with E-state index in [-0.39, 0.29) is 66.9 Å². The molecule has 5 N–H and O–H groups in total. The van der Waals surface area contributed by atoms with E-state index < -0.39 is 29.5 Å². The lowest BCUT2D eigenvalue weighted by Crippen LogP contribution is -2.41. The zero-order valence-corrected chi connectivity index (χ0v) is 27.5. The minimum atomic E-state index is -0.959. The molecule has 1 aromatic carbocycles. The van der Waals surface area contributed by atoms with E-state index in [0.717, 1.165) is 43.3 Å². The van der Waals surface area contributed by atoms with Gasteiger partial charge in [-0.25, -0.2) is 9.59 Å². The Labute approximate surface area is 271 Å². The highest BCUT2D eigenvalue weighted by molar-refractivity contribution is 5.74. The molecule has 3 rings (SSSR count). The summed E-state index contributed by atoms with van der Waals surface area (Å²) in [5.41, 5.74) is 1.81. The average Bonchev–Trinajstić information content (AvgIpc) is 2.94. The highest BCUT2D eigenvalue weighted by Crippen LogP contribution is 2.48. The van der Waals surface area contributed by atoms with Crippen molar-refractivity contribution in [2.24, 2.45) is 23.2 Å². The van der Waals surface area contributed by atoms with Gasteiger partial charge in [0.15, 0.2) is 0 Å². The lowest BCUT2D eigenvalue weighted by atomic mass is 9.72. The molecule has 0 spiro atoms. The Kier molecular flexibility index (Phi) is 13.1. The molecule has 3 atom stereocenters. The molecular weight excluding hydrogens is 592 g/mol. The molecule has 2 amide bonds. The molecule has 2 aliphatic rings. The zero-order valence-electron chi connectivity index (χ0n) is 27.5. The maximum atomic E-state index is 13.1. The molecule has 1 fully saturated rings. The molecule has 0 heterocycles. The van der Waals surface area contributed by atoms with Gasteiger partial charge in [0, 0.05) is 43.1 Å². The fourth-order valence-corrected chi connectivity index (χ4v) is 6.93. The molecular formula is C35H50N2O9. The molecule has 46 heavy (non-hydrogen) atoms. The molecule has 2 aliphatic carbocycles. The zero-order chi connectivity index (χ0) is 34.0. The predicted molar refractivity (Wildman–Crippen MR) is 173 cm³/mol. The van der Waals surface area contributed by atoms with E-state index in [4.69, 9.17) is 9.47 Å². The smallest absolute Gasteiger partial charge is 0.412 e. The van der Waals surface area contributed by atoms with Crippen LogP contribution in [0.4, 0.5) is 9.59 Å². The molecule has 0 aromatic heterocycles. The number of hydrogen-bond acceptors (Lipinski definition) is 7. The van der Waals surface area contributed by atoms with Crippen molar-refractivity contribution >= 4 is 24.1 Å². The number of phenols is 1. The minimum Gasteiger partial charge on any atom is -0.507 e. The number of aliphatic carboxylic acids is 2. The van der Waals surface area contributed by atoms with Gasteiger partial charge in [-0.15, -0.1) is 0 Å². The fourth-order valence-electron chi connectivity index (χ4n) is 6.93. The number of ether oxygens (including phenoxy) is 2. The lowest BCUT2D eigenvalue weighted by molar-refractivity contribution is -0.140. The van der Waals surface area contributed by atoms with Crippen LogP contribution < -0.4 is 20.1 Å². The second kappa shape index (κ2) is 16.5. The van der Waals surface area contributed by atoms with Gasteiger partial charge in [-0.1, -0.05) is 56.9 Å². The van der Waals surface area contributed by atoms with Crippen LogP contribution in [0.1, 0.15) is 103 Å².